The second-order valence-corrected chi connectivity index (χ2v) is 6.23. The van der Waals surface area contributed by atoms with Crippen molar-refractivity contribution in [3.05, 3.63) is 28.7 Å². The summed E-state index contributed by atoms with van der Waals surface area (Å²) in [4.78, 5) is 14.1. The van der Waals surface area contributed by atoms with Crippen LogP contribution in [0.2, 0.25) is 0 Å². The second-order valence-electron chi connectivity index (χ2n) is 5.31. The van der Waals surface area contributed by atoms with E-state index in [1.807, 2.05) is 24.3 Å². The van der Waals surface area contributed by atoms with Gasteiger partial charge < -0.3 is 10.4 Å². The number of likely N-dealkylation sites (tertiary alicyclic amines) is 1. The molecule has 1 saturated heterocycles. The molecule has 1 aromatic rings. The molecule has 2 N–H and O–H groups in total. The van der Waals surface area contributed by atoms with Crippen molar-refractivity contribution in [2.24, 2.45) is 5.92 Å². The van der Waals surface area contributed by atoms with Crippen LogP contribution in [0.1, 0.15) is 19.8 Å². The molecule has 0 spiro atoms. The van der Waals surface area contributed by atoms with Crippen LogP contribution in [0.25, 0.3) is 0 Å². The molecular formula is C15H21BrN2O2. The quantitative estimate of drug-likeness (QED) is 0.885. The van der Waals surface area contributed by atoms with Crippen molar-refractivity contribution in [1.82, 2.24) is 4.90 Å². The Bertz CT molecular complexity index is 450. The summed E-state index contributed by atoms with van der Waals surface area (Å²) in [5, 5.41) is 12.7. The van der Waals surface area contributed by atoms with E-state index in [0.29, 0.717) is 6.54 Å². The minimum atomic E-state index is -0.217. The minimum Gasteiger partial charge on any atom is -0.393 e. The van der Waals surface area contributed by atoms with Gasteiger partial charge in [0.05, 0.1) is 12.6 Å². The van der Waals surface area contributed by atoms with Gasteiger partial charge in [0.15, 0.2) is 0 Å². The molecule has 2 atom stereocenters. The normalized spacial score (nSPS) is 23.6. The Morgan fingerprint density at radius 2 is 2.15 bits per heavy atom. The maximum absolute atomic E-state index is 12.0. The number of aliphatic hydroxyl groups is 1. The second kappa shape index (κ2) is 7.20. The van der Waals surface area contributed by atoms with Crippen LogP contribution in [0.15, 0.2) is 28.7 Å². The van der Waals surface area contributed by atoms with Crippen molar-refractivity contribution >= 4 is 27.5 Å². The minimum absolute atomic E-state index is 0.00133. The van der Waals surface area contributed by atoms with Gasteiger partial charge in [-0.15, -0.1) is 0 Å². The van der Waals surface area contributed by atoms with Crippen molar-refractivity contribution in [3.63, 3.8) is 0 Å². The summed E-state index contributed by atoms with van der Waals surface area (Å²) in [7, 11) is 0. The molecule has 0 aromatic heterocycles. The van der Waals surface area contributed by atoms with E-state index in [4.69, 9.17) is 0 Å². The van der Waals surface area contributed by atoms with Gasteiger partial charge in [-0.25, -0.2) is 0 Å². The summed E-state index contributed by atoms with van der Waals surface area (Å²) >= 11 is 3.37. The van der Waals surface area contributed by atoms with Gasteiger partial charge in [-0.05, 0) is 43.0 Å². The molecule has 0 saturated carbocycles. The van der Waals surface area contributed by atoms with Gasteiger partial charge in [0.25, 0.3) is 0 Å². The SMILES string of the molecule is CCC1CN(CC(=O)Nc2ccc(Br)cc2)CCC1O. The molecule has 20 heavy (non-hydrogen) atoms. The molecule has 1 fully saturated rings. The number of rotatable bonds is 4. The molecule has 2 unspecified atom stereocenters. The van der Waals surface area contributed by atoms with Crippen LogP contribution in [-0.4, -0.2) is 41.7 Å². The van der Waals surface area contributed by atoms with Crippen LogP contribution in [0.3, 0.4) is 0 Å². The molecule has 1 amide bonds. The van der Waals surface area contributed by atoms with E-state index in [-0.39, 0.29) is 17.9 Å². The monoisotopic (exact) mass is 340 g/mol. The zero-order chi connectivity index (χ0) is 14.5. The lowest BCUT2D eigenvalue weighted by molar-refractivity contribution is -0.118. The molecule has 1 aromatic carbocycles. The number of carbonyl (C=O) groups excluding carboxylic acids is 1. The Morgan fingerprint density at radius 1 is 1.45 bits per heavy atom. The molecule has 2 rings (SSSR count). The average Bonchev–Trinajstić information content (AvgIpc) is 2.43. The number of halogens is 1. The van der Waals surface area contributed by atoms with Gasteiger partial charge in [0.2, 0.25) is 5.91 Å². The van der Waals surface area contributed by atoms with E-state index < -0.39 is 0 Å². The Labute approximate surface area is 128 Å². The number of piperidine rings is 1. The number of aliphatic hydroxyl groups excluding tert-OH is 1. The van der Waals surface area contributed by atoms with Gasteiger partial charge in [-0.3, -0.25) is 9.69 Å². The van der Waals surface area contributed by atoms with E-state index in [9.17, 15) is 9.90 Å². The van der Waals surface area contributed by atoms with Crippen LogP contribution in [0.4, 0.5) is 5.69 Å². The molecule has 0 bridgehead atoms. The third-order valence-corrected chi connectivity index (χ3v) is 4.33. The Morgan fingerprint density at radius 3 is 2.80 bits per heavy atom. The standard InChI is InChI=1S/C15H21BrN2O2/c1-2-11-9-18(8-7-14(11)19)10-15(20)17-13-5-3-12(16)4-6-13/h3-6,11,14,19H,2,7-10H2,1H3,(H,17,20). The highest BCUT2D eigenvalue weighted by atomic mass is 79.9. The van der Waals surface area contributed by atoms with Crippen LogP contribution in [0, 0.1) is 5.92 Å². The number of hydrogen-bond donors (Lipinski definition) is 2. The van der Waals surface area contributed by atoms with Gasteiger partial charge in [0.1, 0.15) is 0 Å². The summed E-state index contributed by atoms with van der Waals surface area (Å²) in [6.45, 7) is 4.05. The fourth-order valence-corrected chi connectivity index (χ4v) is 2.84. The highest BCUT2D eigenvalue weighted by Crippen LogP contribution is 2.20. The molecule has 1 heterocycles. The van der Waals surface area contributed by atoms with E-state index in [0.717, 1.165) is 36.1 Å². The zero-order valence-electron chi connectivity index (χ0n) is 11.7. The first-order chi connectivity index (χ1) is 9.58. The summed E-state index contributed by atoms with van der Waals surface area (Å²) in [6.07, 6.45) is 1.49. The molecule has 110 valence electrons. The van der Waals surface area contributed by atoms with Gasteiger partial charge >= 0.3 is 0 Å². The highest BCUT2D eigenvalue weighted by molar-refractivity contribution is 9.10. The smallest absolute Gasteiger partial charge is 0.238 e. The van der Waals surface area contributed by atoms with E-state index in [1.54, 1.807) is 0 Å². The molecule has 1 aliphatic heterocycles. The molecule has 0 radical (unpaired) electrons. The van der Waals surface area contributed by atoms with Gasteiger partial charge in [0, 0.05) is 23.2 Å². The van der Waals surface area contributed by atoms with E-state index in [1.165, 1.54) is 0 Å². The summed E-state index contributed by atoms with van der Waals surface area (Å²) < 4.78 is 0.992. The fraction of sp³-hybridized carbons (Fsp3) is 0.533. The number of carbonyl (C=O) groups is 1. The van der Waals surface area contributed by atoms with Crippen molar-refractivity contribution in [2.45, 2.75) is 25.9 Å². The largest absolute Gasteiger partial charge is 0.393 e. The van der Waals surface area contributed by atoms with Crippen LogP contribution in [-0.2, 0) is 4.79 Å². The molecular weight excluding hydrogens is 320 g/mol. The predicted octanol–water partition coefficient (Wildman–Crippen LogP) is 2.48. The number of benzene rings is 1. The van der Waals surface area contributed by atoms with Crippen LogP contribution < -0.4 is 5.32 Å². The van der Waals surface area contributed by atoms with Crippen molar-refractivity contribution in [1.29, 1.82) is 0 Å². The summed E-state index contributed by atoms with van der Waals surface area (Å²) in [5.74, 6) is 0.280. The van der Waals surface area contributed by atoms with Crippen molar-refractivity contribution < 1.29 is 9.90 Å². The van der Waals surface area contributed by atoms with Crippen molar-refractivity contribution in [3.8, 4) is 0 Å². The zero-order valence-corrected chi connectivity index (χ0v) is 13.3. The Balaban J connectivity index is 1.84. The predicted molar refractivity (Wildman–Crippen MR) is 83.6 cm³/mol. The highest BCUT2D eigenvalue weighted by Gasteiger charge is 2.27. The van der Waals surface area contributed by atoms with Crippen LogP contribution >= 0.6 is 15.9 Å². The number of hydrogen-bond acceptors (Lipinski definition) is 3. The number of amides is 1. The lowest BCUT2D eigenvalue weighted by Crippen LogP contribution is -2.45. The summed E-state index contributed by atoms with van der Waals surface area (Å²) in [5.41, 5.74) is 0.808. The maximum atomic E-state index is 12.0. The third-order valence-electron chi connectivity index (χ3n) is 3.80. The van der Waals surface area contributed by atoms with E-state index in [2.05, 4.69) is 33.1 Å². The number of nitrogens with one attached hydrogen (secondary N) is 1. The Kier molecular flexibility index (Phi) is 5.57. The van der Waals surface area contributed by atoms with Crippen molar-refractivity contribution in [2.75, 3.05) is 25.0 Å². The number of anilines is 1. The first-order valence-electron chi connectivity index (χ1n) is 7.04. The lowest BCUT2D eigenvalue weighted by Gasteiger charge is -2.35. The molecule has 4 nitrogen and oxygen atoms in total. The topological polar surface area (TPSA) is 52.6 Å². The van der Waals surface area contributed by atoms with Gasteiger partial charge in [-0.1, -0.05) is 22.9 Å². The van der Waals surface area contributed by atoms with Gasteiger partial charge in [-0.2, -0.15) is 0 Å². The van der Waals surface area contributed by atoms with Crippen LogP contribution in [0.5, 0.6) is 0 Å². The Hall–Kier alpha value is -0.910. The first-order valence-corrected chi connectivity index (χ1v) is 7.83. The molecule has 5 heteroatoms. The maximum Gasteiger partial charge on any atom is 0.238 e. The first kappa shape index (κ1) is 15.5. The summed E-state index contributed by atoms with van der Waals surface area (Å²) in [6, 6.07) is 7.55. The molecule has 1 aliphatic rings. The fourth-order valence-electron chi connectivity index (χ4n) is 2.58. The lowest BCUT2D eigenvalue weighted by atomic mass is 9.92. The number of nitrogens with zero attached hydrogens (tertiary/aromatic N) is 1. The van der Waals surface area contributed by atoms with E-state index >= 15 is 0 Å². The molecule has 0 aliphatic carbocycles. The third kappa shape index (κ3) is 4.30. The average molecular weight is 341 g/mol.